The number of alkyl halides is 3. The minimum Gasteiger partial charge on any atom is -0.436 e. The van der Waals surface area contributed by atoms with Crippen LogP contribution in [-0.4, -0.2) is 24.4 Å². The molecule has 0 saturated carbocycles. The molecule has 4 rings (SSSR count). The van der Waals surface area contributed by atoms with E-state index in [2.05, 4.69) is 26.2 Å². The fourth-order valence-electron chi connectivity index (χ4n) is 3.23. The van der Waals surface area contributed by atoms with Gasteiger partial charge in [0.15, 0.2) is 0 Å². The normalized spacial score (nSPS) is 22.2. The van der Waals surface area contributed by atoms with Crippen LogP contribution in [0, 0.1) is 0 Å². The van der Waals surface area contributed by atoms with Gasteiger partial charge in [-0.15, -0.1) is 5.10 Å². The molecule has 11 heteroatoms. The number of halogens is 4. The Morgan fingerprint density at radius 1 is 1.13 bits per heavy atom. The van der Waals surface area contributed by atoms with Crippen LogP contribution in [0.5, 0.6) is 5.75 Å². The predicted octanol–water partition coefficient (Wildman–Crippen LogP) is 3.09. The molecule has 7 nitrogen and oxygen atoms in total. The van der Waals surface area contributed by atoms with Gasteiger partial charge >= 0.3 is 6.18 Å². The third-order valence-electron chi connectivity index (χ3n) is 4.69. The Labute approximate surface area is 180 Å². The molecule has 0 fully saturated rings. The van der Waals surface area contributed by atoms with Gasteiger partial charge < -0.3 is 15.8 Å². The molecule has 0 radical (unpaired) electrons. The summed E-state index contributed by atoms with van der Waals surface area (Å²) in [5.41, 5.74) is 10.0. The lowest BCUT2D eigenvalue weighted by Gasteiger charge is -2.22. The van der Waals surface area contributed by atoms with Crippen LogP contribution in [0.25, 0.3) is 5.57 Å². The summed E-state index contributed by atoms with van der Waals surface area (Å²) in [6, 6.07) is 10.3. The molecule has 0 bridgehead atoms. The number of nitrogens with zero attached hydrogens (tertiary/aromatic N) is 2. The van der Waals surface area contributed by atoms with Crippen LogP contribution >= 0.6 is 11.6 Å². The van der Waals surface area contributed by atoms with E-state index in [1.165, 1.54) is 6.07 Å². The third-order valence-corrected chi connectivity index (χ3v) is 4.87. The quantitative estimate of drug-likeness (QED) is 0.527. The van der Waals surface area contributed by atoms with Crippen molar-refractivity contribution in [2.45, 2.75) is 12.3 Å². The number of hydrogen-bond donors (Lipinski definition) is 4. The maximum Gasteiger partial charge on any atom is 0.416 e. The molecule has 2 aromatic rings. The molecule has 1 atom stereocenters. The van der Waals surface area contributed by atoms with Gasteiger partial charge in [-0.1, -0.05) is 24.3 Å². The zero-order valence-corrected chi connectivity index (χ0v) is 16.8. The van der Waals surface area contributed by atoms with Crippen molar-refractivity contribution in [1.82, 2.24) is 16.1 Å². The molecule has 2 heterocycles. The smallest absolute Gasteiger partial charge is 0.416 e. The lowest BCUT2D eigenvalue weighted by atomic mass is 10.0. The molecular formula is C20H18ClF3N6O. The molecule has 0 aromatic heterocycles. The van der Waals surface area contributed by atoms with Crippen molar-refractivity contribution in [3.05, 3.63) is 70.9 Å². The predicted molar refractivity (Wildman–Crippen MR) is 112 cm³/mol. The highest BCUT2D eigenvalue weighted by Crippen LogP contribution is 2.36. The summed E-state index contributed by atoms with van der Waals surface area (Å²) in [5.74, 6) is 0.00105. The Morgan fingerprint density at radius 2 is 1.94 bits per heavy atom. The number of ether oxygens (including phenoxy) is 1. The summed E-state index contributed by atoms with van der Waals surface area (Å²) in [6.07, 6.45) is -3.61. The van der Waals surface area contributed by atoms with Crippen molar-refractivity contribution in [2.24, 2.45) is 15.8 Å². The Bertz CT molecular complexity index is 1080. The van der Waals surface area contributed by atoms with E-state index in [-0.39, 0.29) is 16.9 Å². The summed E-state index contributed by atoms with van der Waals surface area (Å²) >= 11 is 5.98. The van der Waals surface area contributed by atoms with Crippen molar-refractivity contribution in [3.8, 4) is 5.75 Å². The van der Waals surface area contributed by atoms with Crippen LogP contribution in [-0.2, 0) is 6.18 Å². The highest BCUT2D eigenvalue weighted by Gasteiger charge is 2.32. The molecule has 1 unspecified atom stereocenters. The van der Waals surface area contributed by atoms with Crippen molar-refractivity contribution >= 4 is 28.4 Å². The van der Waals surface area contributed by atoms with Gasteiger partial charge in [-0.25, -0.2) is 10.4 Å². The maximum absolute atomic E-state index is 13.4. The summed E-state index contributed by atoms with van der Waals surface area (Å²) in [5, 5.41) is 10.2. The number of hydrazone groups is 1. The van der Waals surface area contributed by atoms with Gasteiger partial charge in [0.05, 0.1) is 12.2 Å². The Balaban J connectivity index is 1.82. The van der Waals surface area contributed by atoms with Crippen LogP contribution in [0.15, 0.2) is 58.8 Å². The van der Waals surface area contributed by atoms with E-state index < -0.39 is 17.9 Å². The molecule has 0 spiro atoms. The number of fused-ring (bicyclic) bond motifs is 1. The summed E-state index contributed by atoms with van der Waals surface area (Å²) < 4.78 is 46.1. The molecule has 0 amide bonds. The Morgan fingerprint density at radius 3 is 2.68 bits per heavy atom. The van der Waals surface area contributed by atoms with E-state index >= 15 is 0 Å². The topological polar surface area (TPSA) is 96.1 Å². The SMILES string of the molecule is NC1/N=C(/Cl)N/N=C(/Oc2cc(C(F)(F)F)ccc2C2=CNCNC2)c2ccccc21. The highest BCUT2D eigenvalue weighted by molar-refractivity contribution is 6.64. The molecule has 0 aliphatic carbocycles. The van der Waals surface area contributed by atoms with Crippen molar-refractivity contribution in [2.75, 3.05) is 13.2 Å². The minimum atomic E-state index is -4.54. The van der Waals surface area contributed by atoms with Crippen LogP contribution in [0.1, 0.15) is 28.4 Å². The van der Waals surface area contributed by atoms with Crippen molar-refractivity contribution in [1.29, 1.82) is 0 Å². The number of amidine groups is 1. The first-order valence-corrected chi connectivity index (χ1v) is 9.65. The molecule has 2 aromatic carbocycles. The molecule has 31 heavy (non-hydrogen) atoms. The van der Waals surface area contributed by atoms with Gasteiger partial charge in [0.2, 0.25) is 11.2 Å². The molecular weight excluding hydrogens is 433 g/mol. The summed E-state index contributed by atoms with van der Waals surface area (Å²) in [4.78, 5) is 4.07. The Hall–Kier alpha value is -3.08. The zero-order valence-electron chi connectivity index (χ0n) is 16.0. The molecule has 0 saturated heterocycles. The van der Waals surface area contributed by atoms with Crippen molar-refractivity contribution in [3.63, 3.8) is 0 Å². The first-order chi connectivity index (χ1) is 14.8. The fourth-order valence-corrected chi connectivity index (χ4v) is 3.37. The average Bonchev–Trinajstić information content (AvgIpc) is 2.75. The molecule has 5 N–H and O–H groups in total. The highest BCUT2D eigenvalue weighted by atomic mass is 35.5. The average molecular weight is 451 g/mol. The molecule has 2 aliphatic rings. The van der Waals surface area contributed by atoms with Crippen LogP contribution in [0.3, 0.4) is 0 Å². The van der Waals surface area contributed by atoms with E-state index in [0.29, 0.717) is 29.9 Å². The number of nitrogens with two attached hydrogens (primary N) is 1. The van der Waals surface area contributed by atoms with Gasteiger partial charge in [0, 0.05) is 29.4 Å². The standard InChI is InChI=1S/C20H18ClF3N6O/c21-19-28-17(25)14-3-1-2-4-15(14)18(29-30-19)31-16-7-12(20(22,23)24)5-6-13(16)11-8-26-10-27-9-11/h1-8,17,26-27H,9-10,25H2,(H,28,30)/b29-18+. The monoisotopic (exact) mass is 450 g/mol. The van der Waals surface area contributed by atoms with E-state index in [1.54, 1.807) is 30.5 Å². The maximum atomic E-state index is 13.4. The van der Waals surface area contributed by atoms with Gasteiger partial charge in [-0.3, -0.25) is 5.32 Å². The van der Waals surface area contributed by atoms with Crippen LogP contribution in [0.2, 0.25) is 0 Å². The van der Waals surface area contributed by atoms with Gasteiger partial charge in [0.1, 0.15) is 11.9 Å². The Kier molecular flexibility index (Phi) is 5.86. The summed E-state index contributed by atoms with van der Waals surface area (Å²) in [6.45, 7) is 1.01. The van der Waals surface area contributed by atoms with Crippen LogP contribution in [0.4, 0.5) is 13.2 Å². The molecule has 2 aliphatic heterocycles. The first kappa shape index (κ1) is 21.2. The molecule has 162 valence electrons. The largest absolute Gasteiger partial charge is 0.436 e. The van der Waals surface area contributed by atoms with Crippen LogP contribution < -0.4 is 26.5 Å². The van der Waals surface area contributed by atoms with E-state index in [4.69, 9.17) is 22.1 Å². The number of nitrogens with one attached hydrogen (secondary N) is 3. The van der Waals surface area contributed by atoms with E-state index in [0.717, 1.165) is 17.7 Å². The second kappa shape index (κ2) is 8.58. The van der Waals surface area contributed by atoms with Gasteiger partial charge in [-0.05, 0) is 35.4 Å². The number of rotatable bonds is 2. The number of benzene rings is 2. The van der Waals surface area contributed by atoms with Gasteiger partial charge in [0.25, 0.3) is 0 Å². The lowest BCUT2D eigenvalue weighted by molar-refractivity contribution is -0.137. The number of hydrogen-bond acceptors (Lipinski definition) is 7. The first-order valence-electron chi connectivity index (χ1n) is 9.27. The van der Waals surface area contributed by atoms with Crippen molar-refractivity contribution < 1.29 is 17.9 Å². The van der Waals surface area contributed by atoms with Gasteiger partial charge in [-0.2, -0.15) is 13.2 Å². The van der Waals surface area contributed by atoms with E-state index in [9.17, 15) is 13.2 Å². The second-order valence-electron chi connectivity index (χ2n) is 6.77. The second-order valence-corrected chi connectivity index (χ2v) is 7.13. The summed E-state index contributed by atoms with van der Waals surface area (Å²) in [7, 11) is 0. The van der Waals surface area contributed by atoms with E-state index in [1.807, 2.05) is 0 Å². The fraction of sp³-hybridized carbons (Fsp3) is 0.200. The zero-order chi connectivity index (χ0) is 22.0. The lowest BCUT2D eigenvalue weighted by Crippen LogP contribution is -2.32. The minimum absolute atomic E-state index is 0.0101. The number of aliphatic imine (C=N–C) groups is 1. The third kappa shape index (κ3) is 4.66.